The predicted octanol–water partition coefficient (Wildman–Crippen LogP) is 3.37. The van der Waals surface area contributed by atoms with Crippen molar-refractivity contribution in [3.05, 3.63) is 114 Å². The van der Waals surface area contributed by atoms with Gasteiger partial charge < -0.3 is 27.8 Å². The first-order valence-electron chi connectivity index (χ1n) is 12.2. The summed E-state index contributed by atoms with van der Waals surface area (Å²) in [5.41, 5.74) is 22.3. The molecule has 4 aromatic rings. The molecule has 0 atom stereocenters. The van der Waals surface area contributed by atoms with Crippen molar-refractivity contribution < 1.29 is 9.59 Å². The van der Waals surface area contributed by atoms with E-state index in [1.165, 1.54) is 0 Å². The number of carbonyl (C=O) groups excluding carboxylic acids is 2. The lowest BCUT2D eigenvalue weighted by Crippen LogP contribution is -2.34. The van der Waals surface area contributed by atoms with Crippen molar-refractivity contribution in [3.63, 3.8) is 0 Å². The fourth-order valence-corrected chi connectivity index (χ4v) is 4.02. The molecule has 4 aromatic carbocycles. The molecule has 2 amide bonds. The number of nitrogen functional groups attached to an aromatic ring is 1. The zero-order valence-electron chi connectivity index (χ0n) is 21.1. The number of nitrogens with zero attached hydrogens (tertiary/aromatic N) is 1. The Kier molecular flexibility index (Phi) is 8.33. The fourth-order valence-electron chi connectivity index (χ4n) is 4.02. The van der Waals surface area contributed by atoms with Gasteiger partial charge in [0.25, 0.3) is 11.8 Å². The van der Waals surface area contributed by atoms with Crippen LogP contribution in [0.4, 0.5) is 5.69 Å². The van der Waals surface area contributed by atoms with Crippen LogP contribution in [0.1, 0.15) is 26.3 Å². The normalized spacial score (nSPS) is 10.4. The van der Waals surface area contributed by atoms with Crippen molar-refractivity contribution in [3.8, 4) is 22.3 Å². The molecule has 0 aliphatic carbocycles. The van der Waals surface area contributed by atoms with Crippen LogP contribution in [0.25, 0.3) is 22.3 Å². The lowest BCUT2D eigenvalue weighted by molar-refractivity contribution is 0.0927. The fraction of sp³-hybridized carbons (Fsp3) is 0.0667. The average Bonchev–Trinajstić information content (AvgIpc) is 2.95. The Hall–Kier alpha value is -5.44. The van der Waals surface area contributed by atoms with Crippen LogP contribution in [-0.4, -0.2) is 36.7 Å². The number of aliphatic imine (C=N–C) groups is 1. The van der Waals surface area contributed by atoms with Crippen molar-refractivity contribution in [2.45, 2.75) is 0 Å². The molecular weight excluding hydrogens is 490 g/mol. The van der Waals surface area contributed by atoms with E-state index in [9.17, 15) is 9.59 Å². The van der Waals surface area contributed by atoms with E-state index in [0.29, 0.717) is 22.4 Å². The second-order valence-corrected chi connectivity index (χ2v) is 8.72. The highest BCUT2D eigenvalue weighted by molar-refractivity contribution is 5.97. The zero-order chi connectivity index (χ0) is 27.8. The summed E-state index contributed by atoms with van der Waals surface area (Å²) in [6, 6.07) is 29.0. The monoisotopic (exact) mass is 519 g/mol. The second-order valence-electron chi connectivity index (χ2n) is 8.72. The van der Waals surface area contributed by atoms with Crippen molar-refractivity contribution >= 4 is 29.3 Å². The number of nitrogens with two attached hydrogens (primary N) is 3. The quantitative estimate of drug-likeness (QED) is 0.113. The van der Waals surface area contributed by atoms with Gasteiger partial charge in [0, 0.05) is 35.3 Å². The molecule has 0 unspecified atom stereocenters. The molecule has 39 heavy (non-hydrogen) atoms. The van der Waals surface area contributed by atoms with Gasteiger partial charge in [-0.1, -0.05) is 60.7 Å². The SMILES string of the molecule is N=C(N)c1cccc(-c2ccc(C(=O)NCCNC(=O)c3cccc(-c4ccccc4N=C(N)N)c3)cc2)c1. The third-order valence-corrected chi connectivity index (χ3v) is 5.94. The molecule has 4 rings (SSSR count). The van der Waals surface area contributed by atoms with Crippen LogP contribution < -0.4 is 27.8 Å². The zero-order valence-corrected chi connectivity index (χ0v) is 21.1. The molecule has 9 N–H and O–H groups in total. The number of hydrogen-bond donors (Lipinski definition) is 6. The van der Waals surface area contributed by atoms with Crippen molar-refractivity contribution in [2.24, 2.45) is 22.2 Å². The van der Waals surface area contributed by atoms with Crippen LogP contribution >= 0.6 is 0 Å². The molecule has 0 radical (unpaired) electrons. The van der Waals surface area contributed by atoms with Gasteiger partial charge in [0.05, 0.1) is 5.69 Å². The number of amidine groups is 1. The highest BCUT2D eigenvalue weighted by atomic mass is 16.2. The standard InChI is InChI=1S/C30H29N7O2/c31-27(32)23-7-3-5-21(17-23)19-11-13-20(14-12-19)28(38)35-15-16-36-29(39)24-8-4-6-22(18-24)25-9-1-2-10-26(25)37-30(33)34/h1-14,17-18H,15-16H2,(H3,31,32)(H,35,38)(H,36,39)(H4,33,34,37). The largest absolute Gasteiger partial charge is 0.384 e. The summed E-state index contributed by atoms with van der Waals surface area (Å²) in [5, 5.41) is 13.2. The summed E-state index contributed by atoms with van der Waals surface area (Å²) in [7, 11) is 0. The molecule has 196 valence electrons. The van der Waals surface area contributed by atoms with Crippen LogP contribution in [0.15, 0.2) is 102 Å². The maximum Gasteiger partial charge on any atom is 0.251 e. The van der Waals surface area contributed by atoms with Crippen LogP contribution in [-0.2, 0) is 0 Å². The smallest absolute Gasteiger partial charge is 0.251 e. The van der Waals surface area contributed by atoms with E-state index >= 15 is 0 Å². The molecule has 9 heteroatoms. The van der Waals surface area contributed by atoms with Gasteiger partial charge in [0.1, 0.15) is 5.84 Å². The highest BCUT2D eigenvalue weighted by Gasteiger charge is 2.11. The van der Waals surface area contributed by atoms with Crippen molar-refractivity contribution in [1.82, 2.24) is 10.6 Å². The summed E-state index contributed by atoms with van der Waals surface area (Å²) in [5.74, 6) is -0.552. The Morgan fingerprint density at radius 1 is 0.641 bits per heavy atom. The summed E-state index contributed by atoms with van der Waals surface area (Å²) >= 11 is 0. The predicted molar refractivity (Wildman–Crippen MR) is 155 cm³/mol. The van der Waals surface area contributed by atoms with E-state index in [1.807, 2.05) is 54.6 Å². The van der Waals surface area contributed by atoms with Gasteiger partial charge in [-0.25, -0.2) is 4.99 Å². The van der Waals surface area contributed by atoms with Gasteiger partial charge >= 0.3 is 0 Å². The first kappa shape index (κ1) is 26.6. The van der Waals surface area contributed by atoms with E-state index in [0.717, 1.165) is 22.3 Å². The maximum absolute atomic E-state index is 12.7. The lowest BCUT2D eigenvalue weighted by atomic mass is 10.0. The first-order chi connectivity index (χ1) is 18.8. The summed E-state index contributed by atoms with van der Waals surface area (Å²) in [4.78, 5) is 29.5. The minimum atomic E-state index is -0.262. The summed E-state index contributed by atoms with van der Waals surface area (Å²) in [6.07, 6.45) is 0. The molecular formula is C30H29N7O2. The number of carbonyl (C=O) groups is 2. The molecule has 0 heterocycles. The van der Waals surface area contributed by atoms with Crippen molar-refractivity contribution in [1.29, 1.82) is 5.41 Å². The Morgan fingerprint density at radius 2 is 1.23 bits per heavy atom. The number of benzene rings is 4. The number of rotatable bonds is 9. The number of guanidine groups is 1. The second kappa shape index (κ2) is 12.2. The number of amides is 2. The Labute approximate surface area is 226 Å². The number of para-hydroxylation sites is 1. The van der Waals surface area contributed by atoms with E-state index in [1.54, 1.807) is 42.5 Å². The first-order valence-corrected chi connectivity index (χ1v) is 12.2. The lowest BCUT2D eigenvalue weighted by Gasteiger charge is -2.10. The minimum absolute atomic E-state index is 0.000761. The van der Waals surface area contributed by atoms with Gasteiger partial charge in [-0.2, -0.15) is 0 Å². The number of nitrogens with one attached hydrogen (secondary N) is 3. The molecule has 0 saturated heterocycles. The Bertz CT molecular complexity index is 1540. The molecule has 0 fully saturated rings. The third-order valence-electron chi connectivity index (χ3n) is 5.94. The topological polar surface area (TPSA) is 172 Å². The van der Waals surface area contributed by atoms with Gasteiger partial charge in [0.15, 0.2) is 5.96 Å². The van der Waals surface area contributed by atoms with Crippen LogP contribution in [0.3, 0.4) is 0 Å². The Balaban J connectivity index is 1.32. The minimum Gasteiger partial charge on any atom is -0.384 e. The van der Waals surface area contributed by atoms with E-state index < -0.39 is 0 Å². The molecule has 0 spiro atoms. The molecule has 0 saturated carbocycles. The third kappa shape index (κ3) is 6.86. The average molecular weight is 520 g/mol. The van der Waals surface area contributed by atoms with Gasteiger partial charge in [-0.15, -0.1) is 0 Å². The van der Waals surface area contributed by atoms with E-state index in [2.05, 4.69) is 15.6 Å². The highest BCUT2D eigenvalue weighted by Crippen LogP contribution is 2.30. The molecule has 0 aromatic heterocycles. The van der Waals surface area contributed by atoms with E-state index in [-0.39, 0.29) is 36.7 Å². The molecule has 0 aliphatic rings. The van der Waals surface area contributed by atoms with Gasteiger partial charge in [-0.05, 0) is 53.1 Å². The number of hydrogen-bond acceptors (Lipinski definition) is 4. The summed E-state index contributed by atoms with van der Waals surface area (Å²) < 4.78 is 0. The molecule has 9 nitrogen and oxygen atoms in total. The molecule has 0 aliphatic heterocycles. The van der Waals surface area contributed by atoms with Crippen LogP contribution in [0.5, 0.6) is 0 Å². The van der Waals surface area contributed by atoms with Gasteiger partial charge in [0.2, 0.25) is 0 Å². The Morgan fingerprint density at radius 3 is 1.90 bits per heavy atom. The van der Waals surface area contributed by atoms with Gasteiger partial charge in [-0.3, -0.25) is 15.0 Å². The maximum atomic E-state index is 12.7. The van der Waals surface area contributed by atoms with Crippen LogP contribution in [0.2, 0.25) is 0 Å². The van der Waals surface area contributed by atoms with Crippen molar-refractivity contribution in [2.75, 3.05) is 13.1 Å². The molecule has 0 bridgehead atoms. The van der Waals surface area contributed by atoms with E-state index in [4.69, 9.17) is 22.6 Å². The summed E-state index contributed by atoms with van der Waals surface area (Å²) in [6.45, 7) is 0.523. The van der Waals surface area contributed by atoms with Crippen LogP contribution in [0, 0.1) is 5.41 Å².